The Morgan fingerprint density at radius 1 is 1.50 bits per heavy atom. The largest absolute Gasteiger partial charge is 0.469 e. The molecule has 10 nitrogen and oxygen atoms in total. The van der Waals surface area contributed by atoms with Gasteiger partial charge in [-0.25, -0.2) is 19.5 Å². The molecule has 11 heteroatoms. The van der Waals surface area contributed by atoms with Gasteiger partial charge in [0.2, 0.25) is 0 Å². The summed E-state index contributed by atoms with van der Waals surface area (Å²) in [6.07, 6.45) is 2.76. The average molecular weight is 329 g/mol. The molecular weight excluding hydrogens is 313 g/mol. The SMILES string of the molecule is C[C@H]1C[C@@H](COP(=O)(O)O)O[C@H]1n1cnc2c(N)ncnc21. The Hall–Kier alpha value is -1.58. The summed E-state index contributed by atoms with van der Waals surface area (Å²) in [4.78, 5) is 29.7. The number of ether oxygens (including phenoxy) is 1. The van der Waals surface area contributed by atoms with Crippen LogP contribution in [0, 0.1) is 5.92 Å². The highest BCUT2D eigenvalue weighted by Gasteiger charge is 2.35. The van der Waals surface area contributed by atoms with Crippen LogP contribution in [0.2, 0.25) is 0 Å². The van der Waals surface area contributed by atoms with Gasteiger partial charge in [-0.15, -0.1) is 0 Å². The highest BCUT2D eigenvalue weighted by molar-refractivity contribution is 7.46. The maximum absolute atomic E-state index is 10.8. The number of anilines is 1. The molecule has 22 heavy (non-hydrogen) atoms. The third-order valence-corrected chi connectivity index (χ3v) is 4.03. The lowest BCUT2D eigenvalue weighted by molar-refractivity contribution is -0.0290. The van der Waals surface area contributed by atoms with Crippen molar-refractivity contribution >= 4 is 24.8 Å². The van der Waals surface area contributed by atoms with Crippen molar-refractivity contribution in [3.63, 3.8) is 0 Å². The summed E-state index contributed by atoms with van der Waals surface area (Å²) in [5.41, 5.74) is 6.80. The van der Waals surface area contributed by atoms with Crippen molar-refractivity contribution in [3.8, 4) is 0 Å². The third-order valence-electron chi connectivity index (χ3n) is 3.54. The number of nitrogens with zero attached hydrogens (tertiary/aromatic N) is 4. The minimum absolute atomic E-state index is 0.0963. The highest BCUT2D eigenvalue weighted by Crippen LogP contribution is 2.40. The van der Waals surface area contributed by atoms with E-state index in [1.54, 1.807) is 10.9 Å². The maximum atomic E-state index is 10.8. The van der Waals surface area contributed by atoms with Gasteiger partial charge in [0.05, 0.1) is 19.0 Å². The van der Waals surface area contributed by atoms with Crippen molar-refractivity contribution in [2.24, 2.45) is 5.92 Å². The van der Waals surface area contributed by atoms with Crippen molar-refractivity contribution in [3.05, 3.63) is 12.7 Å². The fourth-order valence-corrected chi connectivity index (χ4v) is 2.96. The lowest BCUT2D eigenvalue weighted by Crippen LogP contribution is -2.16. The summed E-state index contributed by atoms with van der Waals surface area (Å²) in [5, 5.41) is 0. The first-order valence-electron chi connectivity index (χ1n) is 6.63. The first-order chi connectivity index (χ1) is 10.3. The Balaban J connectivity index is 1.80. The summed E-state index contributed by atoms with van der Waals surface area (Å²) in [5.74, 6) is 0.384. The number of hydrogen-bond donors (Lipinski definition) is 3. The molecule has 1 saturated heterocycles. The zero-order chi connectivity index (χ0) is 15.9. The van der Waals surface area contributed by atoms with Crippen LogP contribution in [0.4, 0.5) is 5.82 Å². The molecule has 0 saturated carbocycles. The van der Waals surface area contributed by atoms with Crippen LogP contribution in [-0.2, 0) is 13.8 Å². The molecule has 3 heterocycles. The Kier molecular flexibility index (Phi) is 3.87. The van der Waals surface area contributed by atoms with Gasteiger partial charge < -0.3 is 20.3 Å². The minimum atomic E-state index is -4.50. The van der Waals surface area contributed by atoms with E-state index < -0.39 is 13.9 Å². The number of phosphoric acid groups is 1. The van der Waals surface area contributed by atoms with E-state index in [4.69, 9.17) is 20.3 Å². The van der Waals surface area contributed by atoms with Crippen LogP contribution in [0.25, 0.3) is 11.2 Å². The van der Waals surface area contributed by atoms with Gasteiger partial charge in [-0.1, -0.05) is 6.92 Å². The van der Waals surface area contributed by atoms with Crippen molar-refractivity contribution < 1.29 is 23.6 Å². The molecule has 120 valence electrons. The molecule has 0 bridgehead atoms. The van der Waals surface area contributed by atoms with Crippen LogP contribution in [0.15, 0.2) is 12.7 Å². The summed E-state index contributed by atoms with van der Waals surface area (Å²) in [6.45, 7) is 1.80. The van der Waals surface area contributed by atoms with Crippen LogP contribution in [0.1, 0.15) is 19.6 Å². The van der Waals surface area contributed by atoms with Gasteiger partial charge >= 0.3 is 7.82 Å². The monoisotopic (exact) mass is 329 g/mol. The van der Waals surface area contributed by atoms with Crippen LogP contribution in [-0.4, -0.2) is 42.0 Å². The molecule has 1 aliphatic rings. The number of nitrogen functional groups attached to an aromatic ring is 1. The molecule has 3 atom stereocenters. The number of rotatable bonds is 4. The second-order valence-electron chi connectivity index (χ2n) is 5.23. The number of phosphoric ester groups is 1. The summed E-state index contributed by atoms with van der Waals surface area (Å²) in [7, 11) is -4.50. The van der Waals surface area contributed by atoms with E-state index in [1.807, 2.05) is 6.92 Å². The van der Waals surface area contributed by atoms with Gasteiger partial charge in [0.1, 0.15) is 18.1 Å². The molecular formula is C11H16N5O5P. The van der Waals surface area contributed by atoms with E-state index in [9.17, 15) is 4.57 Å². The van der Waals surface area contributed by atoms with E-state index in [1.165, 1.54) is 6.33 Å². The van der Waals surface area contributed by atoms with Gasteiger partial charge in [0, 0.05) is 5.92 Å². The maximum Gasteiger partial charge on any atom is 0.469 e. The molecule has 1 aliphatic heterocycles. The fourth-order valence-electron chi connectivity index (χ4n) is 2.60. The fraction of sp³-hybridized carbons (Fsp3) is 0.545. The lowest BCUT2D eigenvalue weighted by atomic mass is 10.1. The number of aromatic nitrogens is 4. The number of fused-ring (bicyclic) bond motifs is 1. The van der Waals surface area contributed by atoms with E-state index in [-0.39, 0.29) is 24.6 Å². The topological polar surface area (TPSA) is 146 Å². The van der Waals surface area contributed by atoms with Crippen LogP contribution >= 0.6 is 7.82 Å². The standard InChI is InChI=1S/C11H16N5O5P/c1-6-2-7(3-20-22(17,18)19)21-11(6)16-5-15-8-9(12)13-4-14-10(8)16/h4-7,11H,2-3H2,1H3,(H2,12,13,14)(H2,17,18,19)/t6-,7-,11+/m0/s1. The molecule has 0 amide bonds. The average Bonchev–Trinajstić information content (AvgIpc) is 3.00. The van der Waals surface area contributed by atoms with Gasteiger partial charge in [-0.2, -0.15) is 0 Å². The van der Waals surface area contributed by atoms with Gasteiger partial charge in [0.15, 0.2) is 11.5 Å². The molecule has 2 aromatic heterocycles. The number of nitrogens with two attached hydrogens (primary N) is 1. The summed E-state index contributed by atoms with van der Waals surface area (Å²) >= 11 is 0. The zero-order valence-electron chi connectivity index (χ0n) is 11.7. The lowest BCUT2D eigenvalue weighted by Gasteiger charge is -2.17. The molecule has 0 unspecified atom stereocenters. The first-order valence-corrected chi connectivity index (χ1v) is 8.17. The van der Waals surface area contributed by atoms with Gasteiger partial charge in [-0.3, -0.25) is 9.09 Å². The quantitative estimate of drug-likeness (QED) is 0.680. The molecule has 0 spiro atoms. The first kappa shape index (κ1) is 15.3. The molecule has 4 N–H and O–H groups in total. The molecule has 1 fully saturated rings. The molecule has 0 radical (unpaired) electrons. The van der Waals surface area contributed by atoms with E-state index >= 15 is 0 Å². The van der Waals surface area contributed by atoms with E-state index in [0.29, 0.717) is 17.6 Å². The van der Waals surface area contributed by atoms with E-state index in [2.05, 4.69) is 19.5 Å². The minimum Gasteiger partial charge on any atom is -0.382 e. The molecule has 0 aliphatic carbocycles. The van der Waals surface area contributed by atoms with Crippen molar-refractivity contribution in [1.29, 1.82) is 0 Å². The predicted octanol–water partition coefficient (Wildman–Crippen LogP) is 0.441. The molecule has 3 rings (SSSR count). The van der Waals surface area contributed by atoms with Crippen molar-refractivity contribution in [2.75, 3.05) is 12.3 Å². The van der Waals surface area contributed by atoms with Crippen LogP contribution in [0.3, 0.4) is 0 Å². The predicted molar refractivity (Wildman–Crippen MR) is 75.4 cm³/mol. The second-order valence-corrected chi connectivity index (χ2v) is 6.47. The van der Waals surface area contributed by atoms with Crippen LogP contribution < -0.4 is 5.73 Å². The smallest absolute Gasteiger partial charge is 0.382 e. The Labute approximate surface area is 125 Å². The highest BCUT2D eigenvalue weighted by atomic mass is 31.2. The van der Waals surface area contributed by atoms with Gasteiger partial charge in [-0.05, 0) is 6.42 Å². The summed E-state index contributed by atoms with van der Waals surface area (Å²) in [6, 6.07) is 0. The number of hydrogen-bond acceptors (Lipinski definition) is 7. The number of imidazole rings is 1. The Bertz CT molecular complexity index is 731. The van der Waals surface area contributed by atoms with Gasteiger partial charge in [0.25, 0.3) is 0 Å². The molecule has 2 aromatic rings. The normalized spacial score (nSPS) is 25.9. The van der Waals surface area contributed by atoms with Crippen molar-refractivity contribution in [1.82, 2.24) is 19.5 Å². The van der Waals surface area contributed by atoms with Crippen molar-refractivity contribution in [2.45, 2.75) is 25.7 Å². The second kappa shape index (κ2) is 5.56. The Morgan fingerprint density at radius 3 is 3.00 bits per heavy atom. The molecule has 0 aromatic carbocycles. The summed E-state index contributed by atoms with van der Waals surface area (Å²) < 4.78 is 22.8. The zero-order valence-corrected chi connectivity index (χ0v) is 12.6. The Morgan fingerprint density at radius 2 is 2.27 bits per heavy atom. The van der Waals surface area contributed by atoms with E-state index in [0.717, 1.165) is 0 Å². The van der Waals surface area contributed by atoms with Crippen LogP contribution in [0.5, 0.6) is 0 Å². The third kappa shape index (κ3) is 2.96.